The lowest BCUT2D eigenvalue weighted by Gasteiger charge is -2.08. The summed E-state index contributed by atoms with van der Waals surface area (Å²) in [7, 11) is -3.59. The zero-order chi connectivity index (χ0) is 11.5. The molecule has 0 radical (unpaired) electrons. The molecule has 0 saturated heterocycles. The largest absolute Gasteiger partial charge is 0.396 e. The van der Waals surface area contributed by atoms with Crippen molar-refractivity contribution >= 4 is 21.6 Å². The van der Waals surface area contributed by atoms with E-state index in [4.69, 9.17) is 5.73 Å². The SMILES string of the molecule is CCNS(=O)(=O)Nc1ccc(F)c(N)c1. The van der Waals surface area contributed by atoms with E-state index < -0.39 is 16.0 Å². The molecule has 4 N–H and O–H groups in total. The molecule has 0 saturated carbocycles. The molecule has 0 spiro atoms. The molecule has 84 valence electrons. The summed E-state index contributed by atoms with van der Waals surface area (Å²) in [5.74, 6) is -0.582. The normalized spacial score (nSPS) is 11.3. The van der Waals surface area contributed by atoms with E-state index in [0.29, 0.717) is 0 Å². The van der Waals surface area contributed by atoms with Crippen LogP contribution >= 0.6 is 0 Å². The Bertz CT molecular complexity index is 447. The molecule has 1 aromatic carbocycles. The van der Waals surface area contributed by atoms with Crippen LogP contribution in [0.15, 0.2) is 18.2 Å². The summed E-state index contributed by atoms with van der Waals surface area (Å²) < 4.78 is 39.7. The number of hydrogen-bond acceptors (Lipinski definition) is 3. The van der Waals surface area contributed by atoms with E-state index in [2.05, 4.69) is 9.44 Å². The third-order valence-electron chi connectivity index (χ3n) is 1.58. The highest BCUT2D eigenvalue weighted by molar-refractivity contribution is 7.90. The highest BCUT2D eigenvalue weighted by Crippen LogP contribution is 2.16. The smallest absolute Gasteiger partial charge is 0.299 e. The Labute approximate surface area is 87.7 Å². The molecule has 0 fully saturated rings. The molecular weight excluding hydrogens is 221 g/mol. The van der Waals surface area contributed by atoms with Crippen molar-refractivity contribution in [1.82, 2.24) is 4.72 Å². The maximum atomic E-state index is 12.8. The molecule has 0 bridgehead atoms. The van der Waals surface area contributed by atoms with Gasteiger partial charge < -0.3 is 5.73 Å². The van der Waals surface area contributed by atoms with Gasteiger partial charge in [-0.15, -0.1) is 0 Å². The zero-order valence-electron chi connectivity index (χ0n) is 8.12. The topological polar surface area (TPSA) is 84.2 Å². The fourth-order valence-corrected chi connectivity index (χ4v) is 1.88. The third kappa shape index (κ3) is 3.37. The van der Waals surface area contributed by atoms with Crippen LogP contribution in [0.2, 0.25) is 0 Å². The van der Waals surface area contributed by atoms with Crippen molar-refractivity contribution in [3.8, 4) is 0 Å². The molecular formula is C8H12FN3O2S. The van der Waals surface area contributed by atoms with Crippen LogP contribution in [0.4, 0.5) is 15.8 Å². The number of nitrogens with one attached hydrogen (secondary N) is 2. The van der Waals surface area contributed by atoms with Gasteiger partial charge in [-0.05, 0) is 18.2 Å². The first-order chi connectivity index (χ1) is 6.94. The Kier molecular flexibility index (Phi) is 3.48. The van der Waals surface area contributed by atoms with Gasteiger partial charge in [0.15, 0.2) is 0 Å². The third-order valence-corrected chi connectivity index (χ3v) is 2.76. The maximum absolute atomic E-state index is 12.8. The quantitative estimate of drug-likeness (QED) is 0.668. The van der Waals surface area contributed by atoms with E-state index in [1.54, 1.807) is 6.92 Å². The van der Waals surface area contributed by atoms with E-state index in [0.717, 1.165) is 6.07 Å². The Morgan fingerprint density at radius 3 is 2.67 bits per heavy atom. The van der Waals surface area contributed by atoms with Gasteiger partial charge in [0.05, 0.1) is 11.4 Å². The summed E-state index contributed by atoms with van der Waals surface area (Å²) >= 11 is 0. The van der Waals surface area contributed by atoms with Gasteiger partial charge in [-0.25, -0.2) is 4.39 Å². The van der Waals surface area contributed by atoms with Crippen LogP contribution < -0.4 is 15.2 Å². The van der Waals surface area contributed by atoms with Gasteiger partial charge in [0.2, 0.25) is 0 Å². The number of halogens is 1. The average molecular weight is 233 g/mol. The second kappa shape index (κ2) is 4.45. The fraction of sp³-hybridized carbons (Fsp3) is 0.250. The monoisotopic (exact) mass is 233 g/mol. The van der Waals surface area contributed by atoms with Gasteiger partial charge in [-0.3, -0.25) is 4.72 Å². The van der Waals surface area contributed by atoms with Gasteiger partial charge >= 0.3 is 0 Å². The number of benzene rings is 1. The average Bonchev–Trinajstić information content (AvgIpc) is 2.10. The molecule has 0 unspecified atom stereocenters. The lowest BCUT2D eigenvalue weighted by atomic mass is 10.3. The first kappa shape index (κ1) is 11.7. The molecule has 0 aliphatic heterocycles. The lowest BCUT2D eigenvalue weighted by Crippen LogP contribution is -2.29. The van der Waals surface area contributed by atoms with Crippen molar-refractivity contribution in [1.29, 1.82) is 0 Å². The van der Waals surface area contributed by atoms with Crippen LogP contribution in [0.5, 0.6) is 0 Å². The van der Waals surface area contributed by atoms with Crippen molar-refractivity contribution in [2.75, 3.05) is 17.0 Å². The summed E-state index contributed by atoms with van der Waals surface area (Å²) in [6.45, 7) is 1.92. The van der Waals surface area contributed by atoms with Gasteiger partial charge in [-0.1, -0.05) is 6.92 Å². The molecule has 1 rings (SSSR count). The fourth-order valence-electron chi connectivity index (χ4n) is 0.988. The second-order valence-electron chi connectivity index (χ2n) is 2.84. The molecule has 0 heterocycles. The first-order valence-corrected chi connectivity index (χ1v) is 5.75. The van der Waals surface area contributed by atoms with Crippen molar-refractivity contribution in [3.63, 3.8) is 0 Å². The molecule has 7 heteroatoms. The lowest BCUT2D eigenvalue weighted by molar-refractivity contribution is 0.589. The molecule has 0 aromatic heterocycles. The molecule has 5 nitrogen and oxygen atoms in total. The van der Waals surface area contributed by atoms with Gasteiger partial charge in [0.1, 0.15) is 5.82 Å². The number of nitrogen functional groups attached to an aromatic ring is 1. The van der Waals surface area contributed by atoms with Crippen LogP contribution in [0.1, 0.15) is 6.92 Å². The maximum Gasteiger partial charge on any atom is 0.299 e. The van der Waals surface area contributed by atoms with Crippen molar-refractivity contribution in [2.45, 2.75) is 6.92 Å². The van der Waals surface area contributed by atoms with Crippen LogP contribution in [0, 0.1) is 5.82 Å². The van der Waals surface area contributed by atoms with Crippen LogP contribution in [-0.2, 0) is 10.2 Å². The predicted octanol–water partition coefficient (Wildman–Crippen LogP) is 0.674. The van der Waals surface area contributed by atoms with E-state index >= 15 is 0 Å². The Morgan fingerprint density at radius 2 is 2.13 bits per heavy atom. The zero-order valence-corrected chi connectivity index (χ0v) is 8.94. The molecule has 0 atom stereocenters. The summed E-state index contributed by atoms with van der Waals surface area (Å²) in [6.07, 6.45) is 0. The van der Waals surface area contributed by atoms with E-state index in [1.807, 2.05) is 0 Å². The molecule has 1 aromatic rings. The van der Waals surface area contributed by atoms with E-state index in [9.17, 15) is 12.8 Å². The predicted molar refractivity (Wildman–Crippen MR) is 57.0 cm³/mol. The minimum atomic E-state index is -3.59. The molecule has 0 aliphatic rings. The van der Waals surface area contributed by atoms with Crippen LogP contribution in [0.3, 0.4) is 0 Å². The Hall–Kier alpha value is -1.34. The van der Waals surface area contributed by atoms with Crippen molar-refractivity contribution in [2.24, 2.45) is 0 Å². The number of hydrogen-bond donors (Lipinski definition) is 3. The standard InChI is InChI=1S/C8H12FN3O2S/c1-2-11-15(13,14)12-6-3-4-7(9)8(10)5-6/h3-5,11-12H,2,10H2,1H3. The first-order valence-electron chi connectivity index (χ1n) is 4.27. The molecule has 0 amide bonds. The molecule has 0 aliphatic carbocycles. The summed E-state index contributed by atoms with van der Waals surface area (Å²) in [5.41, 5.74) is 5.40. The molecule has 15 heavy (non-hydrogen) atoms. The minimum absolute atomic E-state index is 0.105. The Balaban J connectivity index is 2.86. The van der Waals surface area contributed by atoms with E-state index in [-0.39, 0.29) is 17.9 Å². The number of rotatable bonds is 4. The van der Waals surface area contributed by atoms with Crippen molar-refractivity contribution in [3.05, 3.63) is 24.0 Å². The Morgan fingerprint density at radius 1 is 1.47 bits per heavy atom. The van der Waals surface area contributed by atoms with Crippen LogP contribution in [0.25, 0.3) is 0 Å². The summed E-state index contributed by atoms with van der Waals surface area (Å²) in [6, 6.07) is 3.60. The summed E-state index contributed by atoms with van der Waals surface area (Å²) in [4.78, 5) is 0. The van der Waals surface area contributed by atoms with Crippen LogP contribution in [-0.4, -0.2) is 15.0 Å². The highest BCUT2D eigenvalue weighted by Gasteiger charge is 2.08. The number of nitrogens with two attached hydrogens (primary N) is 1. The van der Waals surface area contributed by atoms with Crippen molar-refractivity contribution < 1.29 is 12.8 Å². The van der Waals surface area contributed by atoms with E-state index in [1.165, 1.54) is 12.1 Å². The summed E-state index contributed by atoms with van der Waals surface area (Å²) in [5, 5.41) is 0. The van der Waals surface area contributed by atoms with Gasteiger partial charge in [-0.2, -0.15) is 13.1 Å². The second-order valence-corrected chi connectivity index (χ2v) is 4.34. The number of anilines is 2. The highest BCUT2D eigenvalue weighted by atomic mass is 32.2. The van der Waals surface area contributed by atoms with Gasteiger partial charge in [0, 0.05) is 6.54 Å². The van der Waals surface area contributed by atoms with Gasteiger partial charge in [0.25, 0.3) is 10.2 Å². The minimum Gasteiger partial charge on any atom is -0.396 e.